The van der Waals surface area contributed by atoms with Crippen molar-refractivity contribution >= 4 is 48.7 Å². The molecule has 0 aromatic carbocycles. The van der Waals surface area contributed by atoms with Gasteiger partial charge in [-0.05, 0) is 6.42 Å². The summed E-state index contributed by atoms with van der Waals surface area (Å²) in [5.41, 5.74) is 9.92. The van der Waals surface area contributed by atoms with E-state index in [9.17, 15) is 0 Å². The average Bonchev–Trinajstić information content (AvgIpc) is 2.28. The predicted octanol–water partition coefficient (Wildman–Crippen LogP) is -0.397. The molecule has 0 saturated heterocycles. The van der Waals surface area contributed by atoms with Gasteiger partial charge in [0.1, 0.15) is 0 Å². The molecule has 132 valence electrons. The molecule has 10 nitrogen and oxygen atoms in total. The van der Waals surface area contributed by atoms with Crippen LogP contribution in [-0.2, 0) is 0 Å². The molecule has 0 aliphatic heterocycles. The van der Waals surface area contributed by atoms with Crippen molar-refractivity contribution in [2.75, 3.05) is 20.6 Å². The fourth-order valence-electron chi connectivity index (χ4n) is 0.808. The molecule has 0 atom stereocenters. The van der Waals surface area contributed by atoms with Gasteiger partial charge >= 0.3 is 0 Å². The van der Waals surface area contributed by atoms with Crippen LogP contribution in [0.4, 0.5) is 0 Å². The van der Waals surface area contributed by atoms with Crippen molar-refractivity contribution < 1.29 is 0 Å². The van der Waals surface area contributed by atoms with E-state index in [1.54, 1.807) is 14.1 Å². The Morgan fingerprint density at radius 2 is 1.41 bits per heavy atom. The lowest BCUT2D eigenvalue weighted by Gasteiger charge is -2.13. The monoisotopic (exact) mass is 358 g/mol. The Morgan fingerprint density at radius 3 is 1.68 bits per heavy atom. The summed E-state index contributed by atoms with van der Waals surface area (Å²) in [5, 5.41) is 35.1. The highest BCUT2D eigenvalue weighted by Crippen LogP contribution is 1.80. The van der Waals surface area contributed by atoms with Crippen molar-refractivity contribution in [1.82, 2.24) is 20.9 Å². The normalized spacial score (nSPS) is 7.77. The van der Waals surface area contributed by atoms with Crippen LogP contribution in [0.5, 0.6) is 0 Å². The van der Waals surface area contributed by atoms with E-state index >= 15 is 0 Å². The third-order valence-corrected chi connectivity index (χ3v) is 1.79. The Bertz CT molecular complexity index is 345. The molecule has 0 aromatic rings. The van der Waals surface area contributed by atoms with E-state index in [0.717, 1.165) is 19.4 Å². The van der Waals surface area contributed by atoms with E-state index in [4.69, 9.17) is 33.1 Å². The van der Waals surface area contributed by atoms with Gasteiger partial charge in [-0.1, -0.05) is 13.3 Å². The second-order valence-corrected chi connectivity index (χ2v) is 3.98. The summed E-state index contributed by atoms with van der Waals surface area (Å²) in [4.78, 5) is 1.52. The number of unbranched alkanes of at least 4 members (excludes halogenated alkanes) is 1. The number of rotatable bonds is 3. The molecular weight excluding hydrogens is 331 g/mol. The molecule has 12 heteroatoms. The van der Waals surface area contributed by atoms with Crippen molar-refractivity contribution in [2.24, 2.45) is 11.5 Å². The van der Waals surface area contributed by atoms with Crippen molar-refractivity contribution in [1.29, 1.82) is 21.6 Å². The third-order valence-electron chi connectivity index (χ3n) is 1.79. The Hall–Kier alpha value is -1.94. The van der Waals surface area contributed by atoms with Crippen molar-refractivity contribution in [3.63, 3.8) is 0 Å². The number of hydrogen-bond acceptors (Lipinski definition) is 4. The third kappa shape index (κ3) is 23.2. The lowest BCUT2D eigenvalue weighted by atomic mass is 10.3. The van der Waals surface area contributed by atoms with Crippen LogP contribution < -0.4 is 27.4 Å². The minimum atomic E-state index is -0.214. The number of nitrogens with one attached hydrogen (secondary N) is 7. The second-order valence-electron chi connectivity index (χ2n) is 3.98. The summed E-state index contributed by atoms with van der Waals surface area (Å²) in [6.45, 7) is 2.82. The number of nitrogens with two attached hydrogens (primary N) is 2. The largest absolute Gasteiger partial charge is 0.370 e. The summed E-state index contributed by atoms with van der Waals surface area (Å²) in [6, 6.07) is 0. The van der Waals surface area contributed by atoms with Gasteiger partial charge in [-0.25, -0.2) is 0 Å². The fraction of sp³-hybridized carbons (Fsp3) is 0.600. The Kier molecular flexibility index (Phi) is 22.0. The minimum absolute atomic E-state index is 0. The predicted molar refractivity (Wildman–Crippen MR) is 96.6 cm³/mol. The SMILES string of the molecule is CCCCNC(=N)NC(=N)N.CN(C)C(=N)NC(=N)N.Cl.Cl. The maximum absolute atomic E-state index is 7.15. The minimum Gasteiger partial charge on any atom is -0.370 e. The first-order valence-electron chi connectivity index (χ1n) is 6.01. The van der Waals surface area contributed by atoms with Crippen LogP contribution in [-0.4, -0.2) is 49.4 Å². The molecule has 0 heterocycles. The van der Waals surface area contributed by atoms with Crippen LogP contribution in [0.2, 0.25) is 0 Å². The number of halogens is 2. The van der Waals surface area contributed by atoms with Crippen LogP contribution in [0.3, 0.4) is 0 Å². The number of hydrogen-bond donors (Lipinski definition) is 9. The quantitative estimate of drug-likeness (QED) is 0.187. The van der Waals surface area contributed by atoms with E-state index in [2.05, 4.69) is 22.9 Å². The van der Waals surface area contributed by atoms with Gasteiger partial charge in [0, 0.05) is 20.6 Å². The molecule has 22 heavy (non-hydrogen) atoms. The summed E-state index contributed by atoms with van der Waals surface area (Å²) < 4.78 is 0. The molecule has 0 amide bonds. The molecule has 0 unspecified atom stereocenters. The molecule has 0 aliphatic rings. The molecule has 0 aromatic heterocycles. The molecular formula is C10H28Cl2N10. The van der Waals surface area contributed by atoms with E-state index in [1.165, 1.54) is 4.90 Å². The molecule has 0 radical (unpaired) electrons. The lowest BCUT2D eigenvalue weighted by Crippen LogP contribution is -2.43. The molecule has 11 N–H and O–H groups in total. The van der Waals surface area contributed by atoms with Crippen molar-refractivity contribution in [2.45, 2.75) is 19.8 Å². The zero-order chi connectivity index (χ0) is 16.1. The van der Waals surface area contributed by atoms with Gasteiger partial charge in [-0.15, -0.1) is 24.8 Å². The first-order valence-corrected chi connectivity index (χ1v) is 6.01. The zero-order valence-corrected chi connectivity index (χ0v) is 14.7. The van der Waals surface area contributed by atoms with Gasteiger partial charge in [-0.2, -0.15) is 0 Å². The van der Waals surface area contributed by atoms with Gasteiger partial charge in [-0.3, -0.25) is 32.3 Å². The van der Waals surface area contributed by atoms with E-state index in [1.807, 2.05) is 0 Å². The van der Waals surface area contributed by atoms with Gasteiger partial charge < -0.3 is 21.7 Å². The first-order chi connectivity index (χ1) is 9.20. The van der Waals surface area contributed by atoms with Crippen molar-refractivity contribution in [3.05, 3.63) is 0 Å². The van der Waals surface area contributed by atoms with E-state index in [0.29, 0.717) is 0 Å². The highest BCUT2D eigenvalue weighted by molar-refractivity contribution is 5.95. The van der Waals surface area contributed by atoms with Gasteiger partial charge in [0.2, 0.25) is 0 Å². The number of guanidine groups is 4. The summed E-state index contributed by atoms with van der Waals surface area (Å²) in [6.07, 6.45) is 2.10. The maximum atomic E-state index is 7.15. The fourth-order valence-corrected chi connectivity index (χ4v) is 0.808. The van der Waals surface area contributed by atoms with Gasteiger partial charge in [0.15, 0.2) is 23.8 Å². The van der Waals surface area contributed by atoms with Crippen LogP contribution in [0.25, 0.3) is 0 Å². The van der Waals surface area contributed by atoms with Crippen LogP contribution in [0.1, 0.15) is 19.8 Å². The molecule has 0 spiro atoms. The maximum Gasteiger partial charge on any atom is 0.197 e. The molecule has 0 bridgehead atoms. The molecule has 0 saturated carbocycles. The van der Waals surface area contributed by atoms with Gasteiger partial charge in [0.05, 0.1) is 0 Å². The lowest BCUT2D eigenvalue weighted by molar-refractivity contribution is 0.599. The van der Waals surface area contributed by atoms with Crippen LogP contribution >= 0.6 is 24.8 Å². The Labute approximate surface area is 143 Å². The first kappa shape index (κ1) is 28.3. The standard InChI is InChI=1S/C6H15N5.C4H11N5.2ClH/c1-2-3-4-10-6(9)11-5(7)8;1-9(2)4(7)8-3(5)6;;/h2-4H2,1H3,(H6,7,8,9,10,11);1-2H3,(H5,5,6,7,8);2*1H. The summed E-state index contributed by atoms with van der Waals surface area (Å²) in [5.74, 6) is -0.221. The van der Waals surface area contributed by atoms with Crippen LogP contribution in [0, 0.1) is 21.6 Å². The van der Waals surface area contributed by atoms with Crippen molar-refractivity contribution in [3.8, 4) is 0 Å². The zero-order valence-electron chi connectivity index (χ0n) is 13.0. The second kappa shape index (κ2) is 17.1. The van der Waals surface area contributed by atoms with Crippen LogP contribution in [0.15, 0.2) is 0 Å². The average molecular weight is 359 g/mol. The topological polar surface area (TPSA) is 187 Å². The summed E-state index contributed by atoms with van der Waals surface area (Å²) in [7, 11) is 3.39. The molecule has 0 aliphatic carbocycles. The highest BCUT2D eigenvalue weighted by atomic mass is 35.5. The molecule has 0 fully saturated rings. The number of nitrogens with zero attached hydrogens (tertiary/aromatic N) is 1. The molecule has 0 rings (SSSR count). The smallest absolute Gasteiger partial charge is 0.197 e. The summed E-state index contributed by atoms with van der Waals surface area (Å²) >= 11 is 0. The van der Waals surface area contributed by atoms with E-state index < -0.39 is 0 Å². The Morgan fingerprint density at radius 1 is 0.955 bits per heavy atom. The van der Waals surface area contributed by atoms with Gasteiger partial charge in [0.25, 0.3) is 0 Å². The Balaban J connectivity index is -0.000000137. The van der Waals surface area contributed by atoms with E-state index in [-0.39, 0.29) is 48.7 Å². The highest BCUT2D eigenvalue weighted by Gasteiger charge is 1.96.